The summed E-state index contributed by atoms with van der Waals surface area (Å²) in [5, 5.41) is 0. The molecule has 0 fully saturated rings. The van der Waals surface area contributed by atoms with Gasteiger partial charge in [0.15, 0.2) is 0 Å². The number of benzene rings is 1. The maximum absolute atomic E-state index is 4.46. The molecule has 3 rings (SSSR count). The van der Waals surface area contributed by atoms with Crippen LogP contribution in [0.2, 0.25) is 0 Å². The molecule has 1 aliphatic rings. The van der Waals surface area contributed by atoms with Crippen LogP contribution in [0.5, 0.6) is 0 Å². The van der Waals surface area contributed by atoms with Crippen LogP contribution in [0.15, 0.2) is 48.1 Å². The van der Waals surface area contributed by atoms with E-state index in [0.29, 0.717) is 0 Å². The summed E-state index contributed by atoms with van der Waals surface area (Å²) >= 11 is 1.91. The fourth-order valence-corrected chi connectivity index (χ4v) is 4.18. The molecule has 0 unspecified atom stereocenters. The van der Waals surface area contributed by atoms with Crippen molar-refractivity contribution in [2.75, 3.05) is 0 Å². The summed E-state index contributed by atoms with van der Waals surface area (Å²) in [6.07, 6.45) is 6.52. The van der Waals surface area contributed by atoms with Crippen molar-refractivity contribution in [3.63, 3.8) is 0 Å². The van der Waals surface area contributed by atoms with Gasteiger partial charge in [-0.2, -0.15) is 0 Å². The number of hydrogen-bond acceptors (Lipinski definition) is 2. The SMILES string of the molecule is C=CN=C(C#Cc1ccccc1)c1c(C)sc2c1CCCC2. The van der Waals surface area contributed by atoms with Crippen LogP contribution in [0.3, 0.4) is 0 Å². The molecule has 1 aromatic carbocycles. The lowest BCUT2D eigenvalue weighted by Gasteiger charge is -2.12. The van der Waals surface area contributed by atoms with Crippen LogP contribution in [-0.4, -0.2) is 5.71 Å². The highest BCUT2D eigenvalue weighted by molar-refractivity contribution is 7.12. The first kappa shape index (κ1) is 14.8. The van der Waals surface area contributed by atoms with Crippen LogP contribution < -0.4 is 0 Å². The molecule has 2 aromatic rings. The van der Waals surface area contributed by atoms with Gasteiger partial charge in [0.2, 0.25) is 0 Å². The molecule has 1 aromatic heterocycles. The summed E-state index contributed by atoms with van der Waals surface area (Å²) < 4.78 is 0. The van der Waals surface area contributed by atoms with Crippen molar-refractivity contribution in [2.45, 2.75) is 32.6 Å². The molecule has 0 radical (unpaired) electrons. The zero-order chi connectivity index (χ0) is 15.4. The lowest BCUT2D eigenvalue weighted by molar-refractivity contribution is 0.696. The Kier molecular flexibility index (Phi) is 4.56. The Morgan fingerprint density at radius 1 is 1.23 bits per heavy atom. The third-order valence-corrected chi connectivity index (χ3v) is 5.11. The van der Waals surface area contributed by atoms with E-state index in [0.717, 1.165) is 17.7 Å². The van der Waals surface area contributed by atoms with Crippen molar-refractivity contribution in [3.8, 4) is 11.8 Å². The largest absolute Gasteiger partial charge is 0.248 e. The number of hydrogen-bond donors (Lipinski definition) is 0. The number of thiophene rings is 1. The fraction of sp³-hybridized carbons (Fsp3) is 0.250. The van der Waals surface area contributed by atoms with Crippen LogP contribution in [0.4, 0.5) is 0 Å². The zero-order valence-corrected chi connectivity index (χ0v) is 13.7. The van der Waals surface area contributed by atoms with Gasteiger partial charge in [-0.15, -0.1) is 11.3 Å². The molecule has 0 saturated heterocycles. The minimum absolute atomic E-state index is 0.857. The highest BCUT2D eigenvalue weighted by Crippen LogP contribution is 2.34. The van der Waals surface area contributed by atoms with Gasteiger partial charge in [0.25, 0.3) is 0 Å². The summed E-state index contributed by atoms with van der Waals surface area (Å²) in [5.74, 6) is 6.49. The first-order valence-corrected chi connectivity index (χ1v) is 8.48. The molecule has 1 nitrogen and oxygen atoms in total. The second-order valence-corrected chi connectivity index (χ2v) is 6.73. The average Bonchev–Trinajstić information content (AvgIpc) is 2.88. The summed E-state index contributed by atoms with van der Waals surface area (Å²) in [6.45, 7) is 5.94. The normalized spacial score (nSPS) is 14.0. The van der Waals surface area contributed by atoms with Crippen LogP contribution in [0.25, 0.3) is 0 Å². The van der Waals surface area contributed by atoms with E-state index in [2.05, 4.69) is 30.3 Å². The van der Waals surface area contributed by atoms with E-state index >= 15 is 0 Å². The Hall–Kier alpha value is -2.11. The first-order valence-electron chi connectivity index (χ1n) is 7.67. The summed E-state index contributed by atoms with van der Waals surface area (Å²) in [6, 6.07) is 10.1. The van der Waals surface area contributed by atoms with Gasteiger partial charge in [0.1, 0.15) is 5.71 Å². The van der Waals surface area contributed by atoms with Gasteiger partial charge >= 0.3 is 0 Å². The first-order chi connectivity index (χ1) is 10.8. The van der Waals surface area contributed by atoms with Crippen molar-refractivity contribution in [2.24, 2.45) is 4.99 Å². The maximum atomic E-state index is 4.46. The van der Waals surface area contributed by atoms with Crippen molar-refractivity contribution in [1.82, 2.24) is 0 Å². The Morgan fingerprint density at radius 2 is 2.00 bits per heavy atom. The molecule has 0 amide bonds. The van der Waals surface area contributed by atoms with Crippen molar-refractivity contribution >= 4 is 17.0 Å². The highest BCUT2D eigenvalue weighted by atomic mass is 32.1. The lowest BCUT2D eigenvalue weighted by Crippen LogP contribution is -2.06. The van der Waals surface area contributed by atoms with E-state index < -0.39 is 0 Å². The molecule has 1 heterocycles. The fourth-order valence-electron chi connectivity index (χ4n) is 2.92. The minimum atomic E-state index is 0.857. The molecule has 0 bridgehead atoms. The predicted octanol–water partition coefficient (Wildman–Crippen LogP) is 4.92. The molecule has 0 aliphatic heterocycles. The van der Waals surface area contributed by atoms with Gasteiger partial charge in [0, 0.05) is 27.1 Å². The smallest absolute Gasteiger partial charge is 0.122 e. The third kappa shape index (κ3) is 3.05. The molecule has 0 N–H and O–H groups in total. The molecule has 0 spiro atoms. The zero-order valence-electron chi connectivity index (χ0n) is 12.9. The molecule has 0 saturated carbocycles. The molecular weight excluding hydrogens is 286 g/mol. The van der Waals surface area contributed by atoms with Crippen molar-refractivity contribution in [3.05, 3.63) is 69.6 Å². The number of rotatable bonds is 2. The van der Waals surface area contributed by atoms with Gasteiger partial charge in [-0.05, 0) is 56.2 Å². The molecule has 1 aliphatic carbocycles. The van der Waals surface area contributed by atoms with Crippen molar-refractivity contribution in [1.29, 1.82) is 0 Å². The monoisotopic (exact) mass is 305 g/mol. The Balaban J connectivity index is 2.03. The Morgan fingerprint density at radius 3 is 2.77 bits per heavy atom. The molecular formula is C20H19NS. The Labute approximate surface area is 136 Å². The second kappa shape index (κ2) is 6.77. The number of aryl methyl sites for hydroxylation is 2. The third-order valence-electron chi connectivity index (χ3n) is 3.90. The van der Waals surface area contributed by atoms with E-state index in [1.807, 2.05) is 41.7 Å². The molecule has 22 heavy (non-hydrogen) atoms. The van der Waals surface area contributed by atoms with Crippen LogP contribution in [0, 0.1) is 18.8 Å². The van der Waals surface area contributed by atoms with Gasteiger partial charge in [-0.3, -0.25) is 0 Å². The van der Waals surface area contributed by atoms with Crippen molar-refractivity contribution < 1.29 is 0 Å². The number of aliphatic imine (C=N–C) groups is 1. The lowest BCUT2D eigenvalue weighted by atomic mass is 9.93. The predicted molar refractivity (Wildman–Crippen MR) is 95.8 cm³/mol. The number of nitrogens with zero attached hydrogens (tertiary/aromatic N) is 1. The van der Waals surface area contributed by atoms with Crippen LogP contribution >= 0.6 is 11.3 Å². The van der Waals surface area contributed by atoms with Gasteiger partial charge in [-0.1, -0.05) is 30.7 Å². The highest BCUT2D eigenvalue weighted by Gasteiger charge is 2.21. The van der Waals surface area contributed by atoms with Gasteiger partial charge in [0.05, 0.1) is 0 Å². The molecule has 2 heteroatoms. The standard InChI is InChI=1S/C20H19NS/c1-3-21-18(14-13-16-9-5-4-6-10-16)20-15(2)22-19-12-8-7-11-17(19)20/h3-6,9-10H,1,7-8,11-12H2,2H3. The maximum Gasteiger partial charge on any atom is 0.122 e. The minimum Gasteiger partial charge on any atom is -0.248 e. The number of fused-ring (bicyclic) bond motifs is 1. The topological polar surface area (TPSA) is 12.4 Å². The second-order valence-electron chi connectivity index (χ2n) is 5.42. The molecule has 110 valence electrons. The van der Waals surface area contributed by atoms with Gasteiger partial charge < -0.3 is 0 Å². The van der Waals surface area contributed by atoms with E-state index in [-0.39, 0.29) is 0 Å². The molecule has 0 atom stereocenters. The van der Waals surface area contributed by atoms with E-state index in [4.69, 9.17) is 0 Å². The summed E-state index contributed by atoms with van der Waals surface area (Å²) in [7, 11) is 0. The van der Waals surface area contributed by atoms with Crippen LogP contribution in [0.1, 0.15) is 39.3 Å². The van der Waals surface area contributed by atoms with E-state index in [9.17, 15) is 0 Å². The summed E-state index contributed by atoms with van der Waals surface area (Å²) in [5.41, 5.74) is 4.59. The van der Waals surface area contributed by atoms with Gasteiger partial charge in [-0.25, -0.2) is 4.99 Å². The quantitative estimate of drug-likeness (QED) is 0.551. The summed E-state index contributed by atoms with van der Waals surface area (Å²) in [4.78, 5) is 7.32. The van der Waals surface area contributed by atoms with E-state index in [1.165, 1.54) is 40.1 Å². The van der Waals surface area contributed by atoms with E-state index in [1.54, 1.807) is 6.20 Å². The average molecular weight is 305 g/mol. The Bertz CT molecular complexity index is 769. The van der Waals surface area contributed by atoms with Crippen LogP contribution in [-0.2, 0) is 12.8 Å².